The standard InChI is InChI=1S/C17H21N3O5/c1-10(2)9-13(16(23)24)18-14(21)7-8-20-15(22)11-5-3-4-6-12(11)19-17(20)25/h3-6,10,13H,7-9H2,1-2H3,(H,18,21)(H,19,25)(H,23,24). The van der Waals surface area contributed by atoms with Gasteiger partial charge in [-0.3, -0.25) is 14.2 Å². The van der Waals surface area contributed by atoms with Crippen LogP contribution in [0.2, 0.25) is 0 Å². The number of para-hydroxylation sites is 1. The number of carboxylic acids is 1. The number of benzene rings is 1. The Morgan fingerprint density at radius 2 is 1.92 bits per heavy atom. The van der Waals surface area contributed by atoms with Crippen LogP contribution in [0.1, 0.15) is 26.7 Å². The molecule has 0 fully saturated rings. The van der Waals surface area contributed by atoms with E-state index in [-0.39, 0.29) is 18.9 Å². The van der Waals surface area contributed by atoms with Crippen molar-refractivity contribution >= 4 is 22.8 Å². The third-order valence-electron chi connectivity index (χ3n) is 3.79. The van der Waals surface area contributed by atoms with Crippen LogP contribution >= 0.6 is 0 Å². The quantitative estimate of drug-likeness (QED) is 0.680. The highest BCUT2D eigenvalue weighted by Crippen LogP contribution is 2.06. The van der Waals surface area contributed by atoms with E-state index < -0.39 is 29.2 Å². The van der Waals surface area contributed by atoms with Crippen LogP contribution in [0.5, 0.6) is 0 Å². The number of carbonyl (C=O) groups is 2. The van der Waals surface area contributed by atoms with E-state index in [4.69, 9.17) is 5.11 Å². The number of carbonyl (C=O) groups excluding carboxylic acids is 1. The van der Waals surface area contributed by atoms with Crippen LogP contribution in [-0.4, -0.2) is 32.6 Å². The number of H-pyrrole nitrogens is 1. The molecule has 0 saturated heterocycles. The van der Waals surface area contributed by atoms with Gasteiger partial charge in [0, 0.05) is 13.0 Å². The lowest BCUT2D eigenvalue weighted by Crippen LogP contribution is -2.43. The highest BCUT2D eigenvalue weighted by atomic mass is 16.4. The second-order valence-corrected chi connectivity index (χ2v) is 6.27. The van der Waals surface area contributed by atoms with E-state index in [9.17, 15) is 19.2 Å². The summed E-state index contributed by atoms with van der Waals surface area (Å²) in [6, 6.07) is 5.61. The monoisotopic (exact) mass is 347 g/mol. The van der Waals surface area contributed by atoms with Gasteiger partial charge in [-0.15, -0.1) is 0 Å². The Bertz CT molecular complexity index is 897. The van der Waals surface area contributed by atoms with Crippen LogP contribution in [0.4, 0.5) is 0 Å². The predicted octanol–water partition coefficient (Wildman–Crippen LogP) is 0.695. The average Bonchev–Trinajstić information content (AvgIpc) is 2.53. The largest absolute Gasteiger partial charge is 0.480 e. The lowest BCUT2D eigenvalue weighted by atomic mass is 10.0. The Kier molecular flexibility index (Phi) is 5.74. The summed E-state index contributed by atoms with van der Waals surface area (Å²) < 4.78 is 0.945. The maximum absolute atomic E-state index is 12.4. The normalized spacial score (nSPS) is 12.3. The van der Waals surface area contributed by atoms with E-state index in [0.29, 0.717) is 17.3 Å². The number of rotatable bonds is 7. The first-order valence-electron chi connectivity index (χ1n) is 8.03. The maximum atomic E-state index is 12.4. The van der Waals surface area contributed by atoms with Crippen molar-refractivity contribution in [3.05, 3.63) is 45.1 Å². The molecule has 1 unspecified atom stereocenters. The van der Waals surface area contributed by atoms with Gasteiger partial charge in [0.25, 0.3) is 5.56 Å². The summed E-state index contributed by atoms with van der Waals surface area (Å²) in [4.78, 5) is 50.1. The number of hydrogen-bond donors (Lipinski definition) is 3. The zero-order valence-electron chi connectivity index (χ0n) is 14.1. The molecule has 0 saturated carbocycles. The Morgan fingerprint density at radius 1 is 1.24 bits per heavy atom. The SMILES string of the molecule is CC(C)CC(NC(=O)CCn1c(=O)[nH]c2ccccc2c1=O)C(=O)O. The van der Waals surface area contributed by atoms with Crippen LogP contribution in [0.25, 0.3) is 10.9 Å². The molecule has 1 aromatic heterocycles. The van der Waals surface area contributed by atoms with Gasteiger partial charge in [-0.25, -0.2) is 9.59 Å². The molecule has 8 nitrogen and oxygen atoms in total. The molecule has 1 atom stereocenters. The number of nitrogens with one attached hydrogen (secondary N) is 2. The van der Waals surface area contributed by atoms with Crippen molar-refractivity contribution in [2.24, 2.45) is 5.92 Å². The molecule has 8 heteroatoms. The zero-order chi connectivity index (χ0) is 18.6. The third-order valence-corrected chi connectivity index (χ3v) is 3.79. The Labute approximate surface area is 143 Å². The summed E-state index contributed by atoms with van der Waals surface area (Å²) in [5.41, 5.74) is -0.654. The van der Waals surface area contributed by atoms with Gasteiger partial charge in [-0.1, -0.05) is 26.0 Å². The van der Waals surface area contributed by atoms with Gasteiger partial charge in [0.05, 0.1) is 10.9 Å². The minimum atomic E-state index is -1.11. The van der Waals surface area contributed by atoms with Crippen molar-refractivity contribution in [2.45, 2.75) is 39.3 Å². The molecule has 0 spiro atoms. The number of nitrogens with zero attached hydrogens (tertiary/aromatic N) is 1. The fraction of sp³-hybridized carbons (Fsp3) is 0.412. The van der Waals surface area contributed by atoms with Crippen LogP contribution in [-0.2, 0) is 16.1 Å². The smallest absolute Gasteiger partial charge is 0.328 e. The van der Waals surface area contributed by atoms with E-state index in [2.05, 4.69) is 10.3 Å². The van der Waals surface area contributed by atoms with E-state index >= 15 is 0 Å². The summed E-state index contributed by atoms with van der Waals surface area (Å²) in [5.74, 6) is -1.53. The fourth-order valence-electron chi connectivity index (χ4n) is 2.57. The molecule has 0 aliphatic heterocycles. The second-order valence-electron chi connectivity index (χ2n) is 6.27. The molecule has 1 aromatic carbocycles. The molecule has 2 aromatic rings. The van der Waals surface area contributed by atoms with Crippen molar-refractivity contribution in [1.82, 2.24) is 14.9 Å². The number of aromatic nitrogens is 2. The fourth-order valence-corrected chi connectivity index (χ4v) is 2.57. The number of carboxylic acid groups (broad SMARTS) is 1. The summed E-state index contributed by atoms with van der Waals surface area (Å²) in [6.07, 6.45) is 0.140. The van der Waals surface area contributed by atoms with Crippen molar-refractivity contribution in [1.29, 1.82) is 0 Å². The number of amides is 1. The summed E-state index contributed by atoms with van der Waals surface area (Å²) >= 11 is 0. The molecule has 134 valence electrons. The Balaban J connectivity index is 2.12. The van der Waals surface area contributed by atoms with E-state index in [1.807, 2.05) is 13.8 Å². The number of fused-ring (bicyclic) bond motifs is 1. The predicted molar refractivity (Wildman–Crippen MR) is 92.5 cm³/mol. The number of aromatic amines is 1. The zero-order valence-corrected chi connectivity index (χ0v) is 14.1. The van der Waals surface area contributed by atoms with Gasteiger partial charge in [0.1, 0.15) is 6.04 Å². The van der Waals surface area contributed by atoms with Crippen LogP contribution in [0.15, 0.2) is 33.9 Å². The van der Waals surface area contributed by atoms with E-state index in [1.165, 1.54) is 0 Å². The summed E-state index contributed by atoms with van der Waals surface area (Å²) in [6.45, 7) is 3.59. The third kappa shape index (κ3) is 4.56. The molecular formula is C17H21N3O5. The minimum Gasteiger partial charge on any atom is -0.480 e. The minimum absolute atomic E-state index is 0.104. The van der Waals surface area contributed by atoms with Crippen molar-refractivity contribution in [3.8, 4) is 0 Å². The highest BCUT2D eigenvalue weighted by Gasteiger charge is 2.21. The molecule has 0 bridgehead atoms. The lowest BCUT2D eigenvalue weighted by Gasteiger charge is -2.16. The van der Waals surface area contributed by atoms with Crippen LogP contribution in [0.3, 0.4) is 0 Å². The van der Waals surface area contributed by atoms with Gasteiger partial charge < -0.3 is 15.4 Å². The molecule has 1 heterocycles. The molecule has 3 N–H and O–H groups in total. The molecule has 2 rings (SSSR count). The second kappa shape index (κ2) is 7.78. The summed E-state index contributed by atoms with van der Waals surface area (Å²) in [7, 11) is 0. The maximum Gasteiger partial charge on any atom is 0.328 e. The van der Waals surface area contributed by atoms with E-state index in [1.54, 1.807) is 24.3 Å². The van der Waals surface area contributed by atoms with Crippen LogP contribution < -0.4 is 16.6 Å². The van der Waals surface area contributed by atoms with Gasteiger partial charge in [-0.05, 0) is 24.5 Å². The lowest BCUT2D eigenvalue weighted by molar-refractivity contribution is -0.142. The number of hydrogen-bond acceptors (Lipinski definition) is 4. The van der Waals surface area contributed by atoms with Crippen molar-refractivity contribution in [3.63, 3.8) is 0 Å². The topological polar surface area (TPSA) is 121 Å². The highest BCUT2D eigenvalue weighted by molar-refractivity contribution is 5.83. The molecule has 1 amide bonds. The van der Waals surface area contributed by atoms with E-state index in [0.717, 1.165) is 4.57 Å². The first-order valence-corrected chi connectivity index (χ1v) is 8.03. The molecule has 25 heavy (non-hydrogen) atoms. The average molecular weight is 347 g/mol. The van der Waals surface area contributed by atoms with Gasteiger partial charge in [0.2, 0.25) is 5.91 Å². The van der Waals surface area contributed by atoms with Gasteiger partial charge in [0.15, 0.2) is 0 Å². The molecular weight excluding hydrogens is 326 g/mol. The Morgan fingerprint density at radius 3 is 2.56 bits per heavy atom. The first kappa shape index (κ1) is 18.4. The molecule has 0 aliphatic carbocycles. The first-order chi connectivity index (χ1) is 11.8. The van der Waals surface area contributed by atoms with Crippen molar-refractivity contribution < 1.29 is 14.7 Å². The molecule has 0 aliphatic rings. The number of aliphatic carboxylic acids is 1. The molecule has 0 radical (unpaired) electrons. The Hall–Kier alpha value is -2.90. The van der Waals surface area contributed by atoms with Gasteiger partial charge in [-0.2, -0.15) is 0 Å². The van der Waals surface area contributed by atoms with Crippen molar-refractivity contribution in [2.75, 3.05) is 0 Å². The summed E-state index contributed by atoms with van der Waals surface area (Å²) in [5, 5.41) is 11.9. The van der Waals surface area contributed by atoms with Gasteiger partial charge >= 0.3 is 11.7 Å². The van der Waals surface area contributed by atoms with Crippen LogP contribution in [0, 0.1) is 5.92 Å².